The molecule has 1 heterocycles. The summed E-state index contributed by atoms with van der Waals surface area (Å²) in [6, 6.07) is 0. The van der Waals surface area contributed by atoms with Crippen LogP contribution in [0.25, 0.3) is 0 Å². The normalized spacial score (nSPS) is 21.8. The van der Waals surface area contributed by atoms with E-state index in [1.807, 2.05) is 0 Å². The van der Waals surface area contributed by atoms with Crippen molar-refractivity contribution in [3.8, 4) is 0 Å². The Morgan fingerprint density at radius 2 is 1.60 bits per heavy atom. The Labute approximate surface area is 172 Å². The van der Waals surface area contributed by atoms with Gasteiger partial charge in [-0.05, 0) is 38.1 Å². The van der Waals surface area contributed by atoms with E-state index in [0.717, 1.165) is 32.1 Å². The second-order valence-corrected chi connectivity index (χ2v) is 7.46. The van der Waals surface area contributed by atoms with Crippen LogP contribution >= 0.6 is 24.0 Å². The van der Waals surface area contributed by atoms with Gasteiger partial charge in [0, 0.05) is 52.4 Å². The topological polar surface area (TPSA) is 42.9 Å². The number of hydrogen-bond donors (Lipinski definition) is 2. The lowest BCUT2D eigenvalue weighted by Crippen LogP contribution is -2.49. The highest BCUT2D eigenvalue weighted by Crippen LogP contribution is 2.41. The minimum atomic E-state index is 0. The molecule has 2 rings (SSSR count). The molecule has 0 radical (unpaired) electrons. The highest BCUT2D eigenvalue weighted by molar-refractivity contribution is 14.0. The molecule has 1 saturated heterocycles. The molecule has 2 N–H and O–H groups in total. The minimum Gasteiger partial charge on any atom is -0.357 e. The molecule has 0 bridgehead atoms. The molecule has 148 valence electrons. The number of piperazine rings is 1. The van der Waals surface area contributed by atoms with Gasteiger partial charge in [0.25, 0.3) is 0 Å². The summed E-state index contributed by atoms with van der Waals surface area (Å²) in [5.74, 6) is 1.00. The Hall–Kier alpha value is -0.0800. The summed E-state index contributed by atoms with van der Waals surface area (Å²) in [5, 5.41) is 6.96. The van der Waals surface area contributed by atoms with Crippen LogP contribution in [-0.4, -0.2) is 74.7 Å². The smallest absolute Gasteiger partial charge is 0.191 e. The quantitative estimate of drug-likeness (QED) is 0.329. The molecule has 2 fully saturated rings. The van der Waals surface area contributed by atoms with Crippen LogP contribution in [0, 0.1) is 5.41 Å². The van der Waals surface area contributed by atoms with Gasteiger partial charge in [-0.3, -0.25) is 9.89 Å². The van der Waals surface area contributed by atoms with E-state index >= 15 is 0 Å². The number of nitrogens with one attached hydrogen (secondary N) is 2. The molecule has 25 heavy (non-hydrogen) atoms. The van der Waals surface area contributed by atoms with Crippen LogP contribution in [-0.2, 0) is 0 Å². The standard InChI is InChI=1S/C19H39N5.HI/c1-4-19(9-7-8-10-19)17-22-18(20-5-2)21-11-12-24-15-13-23(6-3)14-16-24;/h4-17H2,1-3H3,(H2,20,21,22);1H. The summed E-state index contributed by atoms with van der Waals surface area (Å²) in [6.07, 6.45) is 6.74. The SMILES string of the molecule is CCNC(=NCC1(CC)CCCC1)NCCN1CCN(CC)CC1.I. The Morgan fingerprint density at radius 1 is 0.960 bits per heavy atom. The Kier molecular flexibility index (Phi) is 11.3. The van der Waals surface area contributed by atoms with Gasteiger partial charge in [-0.15, -0.1) is 24.0 Å². The summed E-state index contributed by atoms with van der Waals surface area (Å²) < 4.78 is 0. The summed E-state index contributed by atoms with van der Waals surface area (Å²) in [6.45, 7) is 16.7. The minimum absolute atomic E-state index is 0. The highest BCUT2D eigenvalue weighted by atomic mass is 127. The first-order valence-electron chi connectivity index (χ1n) is 10.2. The lowest BCUT2D eigenvalue weighted by atomic mass is 9.84. The number of nitrogens with zero attached hydrogens (tertiary/aromatic N) is 3. The third-order valence-electron chi connectivity index (χ3n) is 5.96. The van der Waals surface area contributed by atoms with Crippen molar-refractivity contribution in [2.24, 2.45) is 10.4 Å². The first-order valence-corrected chi connectivity index (χ1v) is 10.2. The fourth-order valence-electron chi connectivity index (χ4n) is 4.00. The molecule has 5 nitrogen and oxygen atoms in total. The number of halogens is 1. The number of rotatable bonds is 8. The summed E-state index contributed by atoms with van der Waals surface area (Å²) in [5.41, 5.74) is 0.471. The highest BCUT2D eigenvalue weighted by Gasteiger charge is 2.31. The molecular weight excluding hydrogens is 425 g/mol. The van der Waals surface area contributed by atoms with Gasteiger partial charge in [0.2, 0.25) is 0 Å². The summed E-state index contributed by atoms with van der Waals surface area (Å²) >= 11 is 0. The average Bonchev–Trinajstić information content (AvgIpc) is 3.10. The maximum atomic E-state index is 4.91. The van der Waals surface area contributed by atoms with Gasteiger partial charge in [0.15, 0.2) is 5.96 Å². The zero-order valence-electron chi connectivity index (χ0n) is 16.6. The van der Waals surface area contributed by atoms with Gasteiger partial charge >= 0.3 is 0 Å². The van der Waals surface area contributed by atoms with Crippen molar-refractivity contribution >= 4 is 29.9 Å². The molecular formula is C19H40IN5. The Balaban J connectivity index is 0.00000312. The first-order chi connectivity index (χ1) is 11.7. The molecule has 0 unspecified atom stereocenters. The largest absolute Gasteiger partial charge is 0.357 e. The molecule has 0 aromatic carbocycles. The molecule has 0 aromatic rings. The zero-order valence-corrected chi connectivity index (χ0v) is 19.0. The number of guanidine groups is 1. The van der Waals surface area contributed by atoms with Crippen molar-refractivity contribution < 1.29 is 0 Å². The second kappa shape index (κ2) is 12.3. The molecule has 1 saturated carbocycles. The summed E-state index contributed by atoms with van der Waals surface area (Å²) in [7, 11) is 0. The van der Waals surface area contributed by atoms with Crippen LogP contribution in [0.2, 0.25) is 0 Å². The predicted octanol–water partition coefficient (Wildman–Crippen LogP) is 2.77. The van der Waals surface area contributed by atoms with Crippen LogP contribution < -0.4 is 10.6 Å². The molecule has 2 aliphatic rings. The Bertz CT molecular complexity index is 374. The van der Waals surface area contributed by atoms with Crippen LogP contribution in [0.4, 0.5) is 0 Å². The van der Waals surface area contributed by atoms with Gasteiger partial charge < -0.3 is 15.5 Å². The van der Waals surface area contributed by atoms with Crippen LogP contribution in [0.3, 0.4) is 0 Å². The summed E-state index contributed by atoms with van der Waals surface area (Å²) in [4.78, 5) is 10.0. The number of hydrogen-bond acceptors (Lipinski definition) is 3. The third-order valence-corrected chi connectivity index (χ3v) is 5.96. The molecule has 1 aliphatic heterocycles. The van der Waals surface area contributed by atoms with Crippen LogP contribution in [0.15, 0.2) is 4.99 Å². The van der Waals surface area contributed by atoms with E-state index in [9.17, 15) is 0 Å². The molecule has 0 aromatic heterocycles. The monoisotopic (exact) mass is 465 g/mol. The van der Waals surface area contributed by atoms with Gasteiger partial charge in [-0.2, -0.15) is 0 Å². The maximum Gasteiger partial charge on any atom is 0.191 e. The fourth-order valence-corrected chi connectivity index (χ4v) is 4.00. The maximum absolute atomic E-state index is 4.91. The van der Waals surface area contributed by atoms with Gasteiger partial charge in [-0.25, -0.2) is 0 Å². The van der Waals surface area contributed by atoms with E-state index in [0.29, 0.717) is 5.41 Å². The molecule has 0 atom stereocenters. The zero-order chi connectivity index (χ0) is 17.3. The predicted molar refractivity (Wildman–Crippen MR) is 119 cm³/mol. The molecule has 1 aliphatic carbocycles. The van der Waals surface area contributed by atoms with E-state index in [1.54, 1.807) is 0 Å². The van der Waals surface area contributed by atoms with E-state index in [1.165, 1.54) is 64.8 Å². The van der Waals surface area contributed by atoms with E-state index in [-0.39, 0.29) is 24.0 Å². The lowest BCUT2D eigenvalue weighted by Gasteiger charge is -2.34. The molecule has 0 spiro atoms. The van der Waals surface area contributed by atoms with Crippen LogP contribution in [0.1, 0.15) is 52.9 Å². The van der Waals surface area contributed by atoms with E-state index < -0.39 is 0 Å². The number of aliphatic imine (C=N–C) groups is 1. The van der Waals surface area contributed by atoms with Gasteiger partial charge in [-0.1, -0.05) is 26.7 Å². The van der Waals surface area contributed by atoms with Crippen LogP contribution in [0.5, 0.6) is 0 Å². The fraction of sp³-hybridized carbons (Fsp3) is 0.947. The average molecular weight is 465 g/mol. The van der Waals surface area contributed by atoms with Crippen molar-refractivity contribution in [2.45, 2.75) is 52.9 Å². The van der Waals surface area contributed by atoms with Gasteiger partial charge in [0.05, 0.1) is 0 Å². The Morgan fingerprint density at radius 3 is 2.16 bits per heavy atom. The third kappa shape index (κ3) is 7.59. The number of likely N-dealkylation sites (N-methyl/N-ethyl adjacent to an activating group) is 1. The van der Waals surface area contributed by atoms with Gasteiger partial charge in [0.1, 0.15) is 0 Å². The van der Waals surface area contributed by atoms with Crippen molar-refractivity contribution in [2.75, 3.05) is 58.9 Å². The van der Waals surface area contributed by atoms with E-state index in [4.69, 9.17) is 4.99 Å². The molecule has 0 amide bonds. The molecule has 6 heteroatoms. The first kappa shape index (κ1) is 23.0. The van der Waals surface area contributed by atoms with Crippen molar-refractivity contribution in [1.29, 1.82) is 0 Å². The van der Waals surface area contributed by atoms with Crippen molar-refractivity contribution in [3.05, 3.63) is 0 Å². The van der Waals surface area contributed by atoms with E-state index in [2.05, 4.69) is 41.2 Å². The van der Waals surface area contributed by atoms with Crippen molar-refractivity contribution in [3.63, 3.8) is 0 Å². The van der Waals surface area contributed by atoms with Crippen molar-refractivity contribution in [1.82, 2.24) is 20.4 Å². The lowest BCUT2D eigenvalue weighted by molar-refractivity contribution is 0.139. The second-order valence-electron chi connectivity index (χ2n) is 7.46.